The lowest BCUT2D eigenvalue weighted by Gasteiger charge is -2.31. The fourth-order valence-corrected chi connectivity index (χ4v) is 5.23. The average molecular weight is 552 g/mol. The summed E-state index contributed by atoms with van der Waals surface area (Å²) in [6, 6.07) is 3.13. The molecule has 2 aliphatic rings. The van der Waals surface area contributed by atoms with Crippen LogP contribution in [0.4, 0.5) is 18.9 Å². The fourth-order valence-electron chi connectivity index (χ4n) is 5.23. The van der Waals surface area contributed by atoms with E-state index in [1.807, 2.05) is 13.8 Å². The molecule has 2 aliphatic carbocycles. The number of hydrogen-bond donors (Lipinski definition) is 4. The van der Waals surface area contributed by atoms with E-state index in [4.69, 9.17) is 21.3 Å². The lowest BCUT2D eigenvalue weighted by molar-refractivity contribution is -0.153. The number of nitrogens with zero attached hydrogens (tertiary/aromatic N) is 2. The number of anilines is 1. The maximum Gasteiger partial charge on any atom is 0.435 e. The third-order valence-electron chi connectivity index (χ3n) is 7.14. The quantitative estimate of drug-likeness (QED) is 0.382. The summed E-state index contributed by atoms with van der Waals surface area (Å²) in [6.07, 6.45) is -2.86. The molecule has 212 valence electrons. The highest BCUT2D eigenvalue weighted by Crippen LogP contribution is 2.42. The fraction of sp³-hybridized carbons (Fsp3) is 0.538. The number of hydrogen-bond acceptors (Lipinski definition) is 8. The van der Waals surface area contributed by atoms with Crippen LogP contribution in [0.25, 0.3) is 5.69 Å². The van der Waals surface area contributed by atoms with Crippen LogP contribution in [0.1, 0.15) is 78.1 Å². The number of halogens is 3. The highest BCUT2D eigenvalue weighted by molar-refractivity contribution is 6.00. The van der Waals surface area contributed by atoms with Crippen molar-refractivity contribution in [3.63, 3.8) is 0 Å². The van der Waals surface area contributed by atoms with Crippen LogP contribution >= 0.6 is 0 Å². The summed E-state index contributed by atoms with van der Waals surface area (Å²) in [6.45, 7) is 3.11. The van der Waals surface area contributed by atoms with Crippen molar-refractivity contribution < 1.29 is 37.4 Å². The minimum Gasteiger partial charge on any atom is -0.461 e. The summed E-state index contributed by atoms with van der Waals surface area (Å²) in [4.78, 5) is 36.8. The van der Waals surface area contributed by atoms with Crippen LogP contribution in [0.15, 0.2) is 18.2 Å². The van der Waals surface area contributed by atoms with E-state index >= 15 is 0 Å². The number of nitrogens with two attached hydrogens (primary N) is 2. The molecule has 0 radical (unpaired) electrons. The van der Waals surface area contributed by atoms with Gasteiger partial charge in [0.15, 0.2) is 11.5 Å². The number of aromatic nitrogens is 2. The number of carbonyl (C=O) groups is 3. The van der Waals surface area contributed by atoms with Gasteiger partial charge in [0.25, 0.3) is 5.91 Å². The van der Waals surface area contributed by atoms with Gasteiger partial charge in [0, 0.05) is 18.2 Å². The topological polar surface area (TPSA) is 163 Å². The number of ether oxygens (including phenoxy) is 1. The van der Waals surface area contributed by atoms with E-state index < -0.39 is 53.2 Å². The molecule has 0 unspecified atom stereocenters. The number of esters is 1. The first-order valence-electron chi connectivity index (χ1n) is 12.7. The molecular formula is C26H32F3N5O5. The Labute approximate surface area is 222 Å². The number of aliphatic hydroxyl groups is 1. The van der Waals surface area contributed by atoms with Crippen LogP contribution < -0.4 is 16.8 Å². The van der Waals surface area contributed by atoms with Gasteiger partial charge in [-0.25, -0.2) is 4.68 Å². The van der Waals surface area contributed by atoms with Crippen molar-refractivity contribution in [2.45, 2.75) is 76.7 Å². The zero-order valence-electron chi connectivity index (χ0n) is 21.7. The first kappa shape index (κ1) is 28.6. The van der Waals surface area contributed by atoms with Crippen molar-refractivity contribution in [2.24, 2.45) is 16.9 Å². The molecule has 1 aromatic carbocycles. The molecule has 10 nitrogen and oxygen atoms in total. The monoisotopic (exact) mass is 551 g/mol. The average Bonchev–Trinajstić information content (AvgIpc) is 3.23. The molecule has 1 amide bonds. The highest BCUT2D eigenvalue weighted by Gasteiger charge is 2.45. The second kappa shape index (κ2) is 10.6. The summed E-state index contributed by atoms with van der Waals surface area (Å²) >= 11 is 0. The van der Waals surface area contributed by atoms with Crippen molar-refractivity contribution in [3.8, 4) is 5.69 Å². The van der Waals surface area contributed by atoms with E-state index in [-0.39, 0.29) is 41.9 Å². The van der Waals surface area contributed by atoms with E-state index in [0.29, 0.717) is 31.4 Å². The number of aliphatic hydroxyl groups excluding tert-OH is 1. The number of Topliss-reactive ketones (excluding diaryl/α,β-unsaturated/α-hetero) is 1. The van der Waals surface area contributed by atoms with E-state index in [1.54, 1.807) is 0 Å². The molecule has 0 saturated heterocycles. The van der Waals surface area contributed by atoms with Crippen molar-refractivity contribution in [3.05, 3.63) is 40.7 Å². The summed E-state index contributed by atoms with van der Waals surface area (Å²) in [5, 5.41) is 16.1. The number of carbonyl (C=O) groups excluding carboxylic acids is 3. The van der Waals surface area contributed by atoms with Gasteiger partial charge in [-0.05, 0) is 55.7 Å². The maximum atomic E-state index is 13.9. The SMILES string of the molecule is CC1(C)CC(=O)c2c(C(F)(F)F)nn(-c3ccc(C(N)=O)c(NC4CCC(OC(=O)[C@@H](N)CO)CC4)c3)c2C1. The lowest BCUT2D eigenvalue weighted by Crippen LogP contribution is -2.39. The minimum atomic E-state index is -4.82. The molecule has 0 bridgehead atoms. The van der Waals surface area contributed by atoms with Crippen LogP contribution in [0.5, 0.6) is 0 Å². The predicted octanol–water partition coefficient (Wildman–Crippen LogP) is 2.73. The van der Waals surface area contributed by atoms with Crippen LogP contribution in [0.2, 0.25) is 0 Å². The number of fused-ring (bicyclic) bond motifs is 1. The van der Waals surface area contributed by atoms with E-state index in [0.717, 1.165) is 4.68 Å². The third kappa shape index (κ3) is 6.09. The molecule has 1 heterocycles. The number of nitrogens with one attached hydrogen (secondary N) is 1. The summed E-state index contributed by atoms with van der Waals surface area (Å²) in [5.41, 5.74) is 9.76. The smallest absolute Gasteiger partial charge is 0.435 e. The van der Waals surface area contributed by atoms with Gasteiger partial charge in [-0.2, -0.15) is 18.3 Å². The Morgan fingerprint density at radius 2 is 1.90 bits per heavy atom. The van der Waals surface area contributed by atoms with Crippen molar-refractivity contribution >= 4 is 23.3 Å². The van der Waals surface area contributed by atoms with E-state index in [1.165, 1.54) is 18.2 Å². The molecule has 6 N–H and O–H groups in total. The Bertz CT molecular complexity index is 1280. The van der Waals surface area contributed by atoms with Gasteiger partial charge in [0.2, 0.25) is 0 Å². The second-order valence-electron chi connectivity index (χ2n) is 11.0. The lowest BCUT2D eigenvalue weighted by atomic mass is 9.75. The molecule has 1 saturated carbocycles. The number of alkyl halides is 3. The molecule has 2 aromatic rings. The molecule has 39 heavy (non-hydrogen) atoms. The van der Waals surface area contributed by atoms with Gasteiger partial charge in [-0.15, -0.1) is 0 Å². The first-order chi connectivity index (χ1) is 18.2. The van der Waals surface area contributed by atoms with E-state index in [2.05, 4.69) is 10.4 Å². The van der Waals surface area contributed by atoms with Crippen molar-refractivity contribution in [2.75, 3.05) is 11.9 Å². The third-order valence-corrected chi connectivity index (χ3v) is 7.14. The number of amides is 1. The van der Waals surface area contributed by atoms with Gasteiger partial charge in [-0.3, -0.25) is 14.4 Å². The first-order valence-corrected chi connectivity index (χ1v) is 12.7. The van der Waals surface area contributed by atoms with Gasteiger partial charge < -0.3 is 26.6 Å². The zero-order chi connectivity index (χ0) is 28.7. The second-order valence-corrected chi connectivity index (χ2v) is 11.0. The molecule has 0 aliphatic heterocycles. The standard InChI is InChI=1S/C26H32F3N5O5/c1-25(2)10-19-21(20(36)11-25)22(26(27,28)29)33-34(19)14-5-8-16(23(31)37)18(9-14)32-13-3-6-15(7-4-13)39-24(38)17(30)12-35/h5,8-9,13,15,17,32,35H,3-4,6-7,10-12,30H2,1-2H3,(H2,31,37)/t13?,15?,17-/m0/s1. The summed E-state index contributed by atoms with van der Waals surface area (Å²) < 4.78 is 48.0. The summed E-state index contributed by atoms with van der Waals surface area (Å²) in [7, 11) is 0. The van der Waals surface area contributed by atoms with Gasteiger partial charge in [0.05, 0.1) is 29.1 Å². The molecule has 0 spiro atoms. The Kier molecular flexibility index (Phi) is 7.77. The Balaban J connectivity index is 1.62. The molecule has 4 rings (SSSR count). The molecule has 1 fully saturated rings. The van der Waals surface area contributed by atoms with Gasteiger partial charge in [-0.1, -0.05) is 13.8 Å². The molecule has 1 atom stereocenters. The Morgan fingerprint density at radius 1 is 1.23 bits per heavy atom. The minimum absolute atomic E-state index is 0.0217. The number of rotatable bonds is 7. The predicted molar refractivity (Wildman–Crippen MR) is 134 cm³/mol. The van der Waals surface area contributed by atoms with Crippen molar-refractivity contribution in [1.29, 1.82) is 0 Å². The molecular weight excluding hydrogens is 519 g/mol. The normalized spacial score (nSPS) is 21.7. The number of ketones is 1. The number of primary amides is 1. The van der Waals surface area contributed by atoms with Crippen LogP contribution in [-0.2, 0) is 22.1 Å². The van der Waals surface area contributed by atoms with Crippen LogP contribution in [0, 0.1) is 5.41 Å². The van der Waals surface area contributed by atoms with Crippen LogP contribution in [0.3, 0.4) is 0 Å². The number of benzene rings is 1. The van der Waals surface area contributed by atoms with Gasteiger partial charge in [0.1, 0.15) is 12.1 Å². The summed E-state index contributed by atoms with van der Waals surface area (Å²) in [5.74, 6) is -2.01. The van der Waals surface area contributed by atoms with E-state index in [9.17, 15) is 27.6 Å². The largest absolute Gasteiger partial charge is 0.461 e. The Morgan fingerprint density at radius 3 is 2.49 bits per heavy atom. The maximum absolute atomic E-state index is 13.9. The Hall–Kier alpha value is -3.45. The molecule has 1 aromatic heterocycles. The van der Waals surface area contributed by atoms with Crippen molar-refractivity contribution in [1.82, 2.24) is 9.78 Å². The molecule has 13 heteroatoms. The van der Waals surface area contributed by atoms with Crippen LogP contribution in [-0.4, -0.2) is 57.3 Å². The highest BCUT2D eigenvalue weighted by atomic mass is 19.4. The van der Waals surface area contributed by atoms with Gasteiger partial charge >= 0.3 is 12.1 Å². The zero-order valence-corrected chi connectivity index (χ0v) is 21.7.